The normalized spacial score (nSPS) is 34.1. The first-order valence-electron chi connectivity index (χ1n) is 5.50. The summed E-state index contributed by atoms with van der Waals surface area (Å²) in [5, 5.41) is 0. The fraction of sp³-hybridized carbons (Fsp3) is 0.300. The number of hydrogen-bond acceptors (Lipinski definition) is 5. The lowest BCUT2D eigenvalue weighted by atomic mass is 9.62. The molecule has 2 aliphatic rings. The molecule has 0 bridgehead atoms. The van der Waals surface area contributed by atoms with Gasteiger partial charge in [-0.2, -0.15) is 0 Å². The Kier molecular flexibility index (Phi) is 2.43. The van der Waals surface area contributed by atoms with Gasteiger partial charge in [0.1, 0.15) is 13.1 Å². The summed E-state index contributed by atoms with van der Waals surface area (Å²) in [5.74, 6) is -0.686. The number of carbonyl (C=O) groups is 2. The molecule has 2 saturated heterocycles. The molecule has 1 aromatic heterocycles. The average Bonchev–Trinajstić information content (AvgIpc) is 2.63. The molecule has 3 heterocycles. The maximum absolute atomic E-state index is 11.6. The van der Waals surface area contributed by atoms with Gasteiger partial charge in [0.2, 0.25) is 0 Å². The first kappa shape index (κ1) is 11.9. The van der Waals surface area contributed by atoms with Crippen molar-refractivity contribution in [2.24, 2.45) is 0 Å². The second-order valence-corrected chi connectivity index (χ2v) is 5.85. The summed E-state index contributed by atoms with van der Waals surface area (Å²) in [5.41, 5.74) is 0.678. The molecule has 2 fully saturated rings. The minimum absolute atomic E-state index is 0.150. The highest BCUT2D eigenvalue weighted by Gasteiger charge is 2.66. The number of aromatic nitrogens is 1. The summed E-state index contributed by atoms with van der Waals surface area (Å²) in [4.78, 5) is 27.4. The average molecular weight is 360 g/mol. The smallest absolute Gasteiger partial charge is 0.596 e. The van der Waals surface area contributed by atoms with Crippen LogP contribution in [0.4, 0.5) is 0 Å². The molecular weight excluding hydrogens is 350 g/mol. The fourth-order valence-electron chi connectivity index (χ4n) is 2.73. The third kappa shape index (κ3) is 1.41. The summed E-state index contributed by atoms with van der Waals surface area (Å²) in [7, 11) is 1.80. The van der Waals surface area contributed by atoms with Gasteiger partial charge in [-0.05, 0) is 34.1 Å². The van der Waals surface area contributed by atoms with Crippen molar-refractivity contribution in [3.05, 3.63) is 22.0 Å². The Hall–Kier alpha value is -1.16. The molecule has 0 aromatic carbocycles. The lowest BCUT2D eigenvalue weighted by Gasteiger charge is -2.40. The SMILES string of the molecule is C[N+]12CC(=O)O[B-]1(c1cccnc1I)OC(=O)C2. The standard InChI is InChI=1S/C10H10BIN2O4/c1-14-5-8(15)17-11(14,18-9(16)6-14)7-3-2-4-13-10(7)12/h2-4H,5-6H2,1H3. The van der Waals surface area contributed by atoms with E-state index in [1.807, 2.05) is 0 Å². The summed E-state index contributed by atoms with van der Waals surface area (Å²) in [6, 6.07) is 3.54. The number of rotatable bonds is 1. The second kappa shape index (κ2) is 3.67. The molecule has 94 valence electrons. The molecule has 2 aliphatic heterocycles. The van der Waals surface area contributed by atoms with Gasteiger partial charge < -0.3 is 13.7 Å². The van der Waals surface area contributed by atoms with Gasteiger partial charge in [0, 0.05) is 13.2 Å². The Labute approximate surface area is 117 Å². The van der Waals surface area contributed by atoms with E-state index in [0.717, 1.165) is 0 Å². The molecule has 0 radical (unpaired) electrons. The lowest BCUT2D eigenvalue weighted by molar-refractivity contribution is -0.791. The number of nitrogens with zero attached hydrogens (tertiary/aromatic N) is 2. The quantitative estimate of drug-likeness (QED) is 0.380. The maximum atomic E-state index is 11.6. The van der Waals surface area contributed by atoms with Crippen molar-refractivity contribution >= 4 is 46.7 Å². The molecule has 0 atom stereocenters. The molecule has 8 heteroatoms. The third-order valence-corrected chi connectivity index (χ3v) is 4.47. The van der Waals surface area contributed by atoms with Gasteiger partial charge in [-0.25, -0.2) is 0 Å². The van der Waals surface area contributed by atoms with Gasteiger partial charge in [-0.3, -0.25) is 14.6 Å². The minimum Gasteiger partial charge on any atom is -0.596 e. The Morgan fingerprint density at radius 1 is 1.33 bits per heavy atom. The van der Waals surface area contributed by atoms with Crippen molar-refractivity contribution in [3.63, 3.8) is 0 Å². The van der Waals surface area contributed by atoms with Crippen LogP contribution in [0.3, 0.4) is 0 Å². The van der Waals surface area contributed by atoms with Crippen LogP contribution in [0, 0.1) is 3.70 Å². The number of likely N-dealkylation sites (N-methyl/N-ethyl adjacent to an activating group) is 1. The Balaban J connectivity index is 2.20. The molecule has 18 heavy (non-hydrogen) atoms. The molecule has 0 spiro atoms. The van der Waals surface area contributed by atoms with Crippen molar-refractivity contribution in [1.82, 2.24) is 4.98 Å². The molecule has 0 saturated carbocycles. The number of fused-ring (bicyclic) bond motifs is 1. The van der Waals surface area contributed by atoms with Crippen molar-refractivity contribution in [2.45, 2.75) is 0 Å². The lowest BCUT2D eigenvalue weighted by Crippen LogP contribution is -2.68. The van der Waals surface area contributed by atoms with E-state index in [-0.39, 0.29) is 29.4 Å². The van der Waals surface area contributed by atoms with Crippen LogP contribution in [-0.2, 0) is 18.9 Å². The summed E-state index contributed by atoms with van der Waals surface area (Å²) in [6.45, 7) is -1.85. The zero-order valence-corrected chi connectivity index (χ0v) is 11.8. The predicted octanol–water partition coefficient (Wildman–Crippen LogP) is -0.608. The first-order valence-corrected chi connectivity index (χ1v) is 6.58. The van der Waals surface area contributed by atoms with Crippen LogP contribution in [-0.4, -0.2) is 48.1 Å². The molecular formula is C10H10BIN2O4. The van der Waals surface area contributed by atoms with Gasteiger partial charge in [-0.1, -0.05) is 6.07 Å². The van der Waals surface area contributed by atoms with E-state index in [2.05, 4.69) is 27.6 Å². The van der Waals surface area contributed by atoms with Crippen LogP contribution >= 0.6 is 22.6 Å². The highest BCUT2D eigenvalue weighted by molar-refractivity contribution is 14.1. The first-order chi connectivity index (χ1) is 8.47. The molecule has 0 N–H and O–H groups in total. The van der Waals surface area contributed by atoms with E-state index < -0.39 is 6.69 Å². The molecule has 6 nitrogen and oxygen atoms in total. The summed E-state index contributed by atoms with van der Waals surface area (Å²) >= 11 is 2.05. The van der Waals surface area contributed by atoms with Gasteiger partial charge in [0.25, 0.3) is 0 Å². The largest absolute Gasteiger partial charge is 0.617 e. The number of quaternary nitrogens is 1. The van der Waals surface area contributed by atoms with Crippen LogP contribution in [0.25, 0.3) is 0 Å². The molecule has 0 unspecified atom stereocenters. The van der Waals surface area contributed by atoms with Crippen molar-refractivity contribution in [3.8, 4) is 0 Å². The zero-order valence-electron chi connectivity index (χ0n) is 9.63. The number of hydrogen-bond donors (Lipinski definition) is 0. The van der Waals surface area contributed by atoms with Crippen LogP contribution in [0.15, 0.2) is 18.3 Å². The second-order valence-electron chi connectivity index (χ2n) is 4.83. The fourth-order valence-corrected chi connectivity index (χ4v) is 3.46. The van der Waals surface area contributed by atoms with Crippen LogP contribution in [0.2, 0.25) is 0 Å². The molecule has 1 aromatic rings. The Morgan fingerprint density at radius 2 is 1.94 bits per heavy atom. The van der Waals surface area contributed by atoms with Crippen LogP contribution < -0.4 is 5.46 Å². The molecule has 3 rings (SSSR count). The summed E-state index contributed by atoms with van der Waals surface area (Å²) in [6.07, 6.45) is 1.65. The van der Waals surface area contributed by atoms with E-state index >= 15 is 0 Å². The topological polar surface area (TPSA) is 65.5 Å². The van der Waals surface area contributed by atoms with Gasteiger partial charge in [-0.15, -0.1) is 0 Å². The number of halogens is 1. The monoisotopic (exact) mass is 360 g/mol. The van der Waals surface area contributed by atoms with E-state index in [9.17, 15) is 9.59 Å². The Bertz CT molecular complexity index is 545. The van der Waals surface area contributed by atoms with E-state index in [1.165, 1.54) is 0 Å². The predicted molar refractivity (Wildman–Crippen MR) is 70.4 cm³/mol. The third-order valence-electron chi connectivity index (χ3n) is 3.56. The van der Waals surface area contributed by atoms with Crippen molar-refractivity contribution in [1.29, 1.82) is 0 Å². The van der Waals surface area contributed by atoms with Crippen LogP contribution in [0.1, 0.15) is 0 Å². The van der Waals surface area contributed by atoms with Crippen LogP contribution in [0.5, 0.6) is 0 Å². The van der Waals surface area contributed by atoms with Gasteiger partial charge >= 0.3 is 18.6 Å². The van der Waals surface area contributed by atoms with E-state index in [4.69, 9.17) is 9.31 Å². The van der Waals surface area contributed by atoms with Crippen molar-refractivity contribution in [2.75, 3.05) is 20.1 Å². The highest BCUT2D eigenvalue weighted by Crippen LogP contribution is 2.33. The van der Waals surface area contributed by atoms with Gasteiger partial charge in [0.15, 0.2) is 0 Å². The van der Waals surface area contributed by atoms with Gasteiger partial charge in [0.05, 0.1) is 3.70 Å². The highest BCUT2D eigenvalue weighted by atomic mass is 127. The number of pyridine rings is 1. The van der Waals surface area contributed by atoms with E-state index in [0.29, 0.717) is 9.16 Å². The summed E-state index contributed by atoms with van der Waals surface area (Å²) < 4.78 is 11.7. The molecule has 0 aliphatic carbocycles. The maximum Gasteiger partial charge on any atom is 0.617 e. The van der Waals surface area contributed by atoms with E-state index in [1.54, 1.807) is 25.4 Å². The molecule has 0 amide bonds. The number of carbonyl (C=O) groups excluding carboxylic acids is 2. The van der Waals surface area contributed by atoms with Crippen molar-refractivity contribution < 1.29 is 23.3 Å². The minimum atomic E-state index is -2.14. The zero-order chi connectivity index (χ0) is 13.0. The Morgan fingerprint density at radius 3 is 2.50 bits per heavy atom.